The molecule has 3 rings (SSSR count). The standard InChI is InChI=1S/C18H26N4OS2/c1-18(2,3)14-5-4-13(21-14)11-24-15-10-20-17(25-15)22-16(23)12-6-8-19-9-7-12/h4-5,10,12,19,21H,6-9,11H2,1-3H3,(H,20,22,23). The van der Waals surface area contributed by atoms with Crippen molar-refractivity contribution in [1.29, 1.82) is 0 Å². The van der Waals surface area contributed by atoms with Crippen LogP contribution in [0.3, 0.4) is 0 Å². The Morgan fingerprint density at radius 3 is 2.80 bits per heavy atom. The molecule has 2 aromatic rings. The Morgan fingerprint density at radius 1 is 1.36 bits per heavy atom. The minimum atomic E-state index is 0.103. The molecule has 25 heavy (non-hydrogen) atoms. The molecule has 0 aromatic carbocycles. The number of nitrogens with one attached hydrogen (secondary N) is 3. The Balaban J connectivity index is 1.51. The number of carbonyl (C=O) groups is 1. The van der Waals surface area contributed by atoms with Gasteiger partial charge in [-0.15, -0.1) is 11.8 Å². The molecule has 0 aliphatic carbocycles. The van der Waals surface area contributed by atoms with Gasteiger partial charge in [-0.3, -0.25) is 4.79 Å². The van der Waals surface area contributed by atoms with Gasteiger partial charge in [-0.2, -0.15) is 0 Å². The minimum Gasteiger partial charge on any atom is -0.361 e. The number of rotatable bonds is 5. The van der Waals surface area contributed by atoms with E-state index in [4.69, 9.17) is 0 Å². The molecule has 0 spiro atoms. The second-order valence-corrected chi connectivity index (χ2v) is 9.74. The van der Waals surface area contributed by atoms with Crippen molar-refractivity contribution in [1.82, 2.24) is 15.3 Å². The molecule has 0 radical (unpaired) electrons. The first-order valence-electron chi connectivity index (χ1n) is 8.70. The molecule has 0 unspecified atom stereocenters. The maximum absolute atomic E-state index is 12.3. The predicted octanol–water partition coefficient (Wildman–Crippen LogP) is 4.00. The van der Waals surface area contributed by atoms with Crippen LogP contribution in [0.1, 0.15) is 45.0 Å². The van der Waals surface area contributed by atoms with Crippen LogP contribution in [0, 0.1) is 5.92 Å². The van der Waals surface area contributed by atoms with Gasteiger partial charge in [0.15, 0.2) is 5.13 Å². The van der Waals surface area contributed by atoms with E-state index in [0.717, 1.165) is 35.9 Å². The van der Waals surface area contributed by atoms with Crippen LogP contribution in [-0.2, 0) is 16.0 Å². The fraction of sp³-hybridized carbons (Fsp3) is 0.556. The summed E-state index contributed by atoms with van der Waals surface area (Å²) >= 11 is 3.29. The number of piperidine rings is 1. The molecular weight excluding hydrogens is 352 g/mol. The van der Waals surface area contributed by atoms with E-state index >= 15 is 0 Å². The molecule has 0 bridgehead atoms. The number of anilines is 1. The molecule has 1 fully saturated rings. The molecule has 2 aromatic heterocycles. The summed E-state index contributed by atoms with van der Waals surface area (Å²) in [5, 5.41) is 6.96. The van der Waals surface area contributed by atoms with E-state index in [1.807, 2.05) is 6.20 Å². The third-order valence-electron chi connectivity index (χ3n) is 4.35. The summed E-state index contributed by atoms with van der Waals surface area (Å²) in [6, 6.07) is 4.31. The highest BCUT2D eigenvalue weighted by molar-refractivity contribution is 8.00. The van der Waals surface area contributed by atoms with Gasteiger partial charge in [0.2, 0.25) is 5.91 Å². The quantitative estimate of drug-likeness (QED) is 0.688. The van der Waals surface area contributed by atoms with Crippen molar-refractivity contribution >= 4 is 34.1 Å². The van der Waals surface area contributed by atoms with Crippen LogP contribution in [0.2, 0.25) is 0 Å². The molecule has 0 saturated carbocycles. The number of amides is 1. The van der Waals surface area contributed by atoms with Crippen molar-refractivity contribution in [2.24, 2.45) is 5.92 Å². The van der Waals surface area contributed by atoms with Crippen LogP contribution in [0.4, 0.5) is 5.13 Å². The molecule has 136 valence electrons. The molecule has 3 N–H and O–H groups in total. The first kappa shape index (κ1) is 18.5. The van der Waals surface area contributed by atoms with Crippen LogP contribution in [0.25, 0.3) is 0 Å². The Labute approximate surface area is 157 Å². The largest absolute Gasteiger partial charge is 0.361 e. The molecule has 7 heteroatoms. The van der Waals surface area contributed by atoms with Gasteiger partial charge in [0.25, 0.3) is 0 Å². The summed E-state index contributed by atoms with van der Waals surface area (Å²) in [4.78, 5) is 20.1. The van der Waals surface area contributed by atoms with Gasteiger partial charge in [-0.25, -0.2) is 4.98 Å². The van der Waals surface area contributed by atoms with E-state index < -0.39 is 0 Å². The highest BCUT2D eigenvalue weighted by Crippen LogP contribution is 2.31. The van der Waals surface area contributed by atoms with E-state index in [-0.39, 0.29) is 17.2 Å². The lowest BCUT2D eigenvalue weighted by atomic mass is 9.93. The second-order valence-electron chi connectivity index (χ2n) is 7.43. The van der Waals surface area contributed by atoms with Crippen molar-refractivity contribution in [3.8, 4) is 0 Å². The normalized spacial score (nSPS) is 16.1. The topological polar surface area (TPSA) is 69.8 Å². The Kier molecular flexibility index (Phi) is 5.86. The zero-order chi connectivity index (χ0) is 17.9. The van der Waals surface area contributed by atoms with Crippen LogP contribution in [-0.4, -0.2) is 29.0 Å². The van der Waals surface area contributed by atoms with Gasteiger partial charge in [-0.05, 0) is 38.1 Å². The Bertz CT molecular complexity index is 711. The third-order valence-corrected chi connectivity index (χ3v) is 6.51. The second kappa shape index (κ2) is 7.93. The number of thioether (sulfide) groups is 1. The number of carbonyl (C=O) groups excluding carboxylic acids is 1. The summed E-state index contributed by atoms with van der Waals surface area (Å²) in [5.41, 5.74) is 2.60. The molecule has 1 aliphatic heterocycles. The zero-order valence-electron chi connectivity index (χ0n) is 15.0. The van der Waals surface area contributed by atoms with Crippen molar-refractivity contribution in [2.45, 2.75) is 49.0 Å². The van der Waals surface area contributed by atoms with E-state index in [9.17, 15) is 4.79 Å². The molecule has 1 saturated heterocycles. The van der Waals surface area contributed by atoms with Crippen LogP contribution in [0.15, 0.2) is 22.5 Å². The molecule has 0 atom stereocenters. The lowest BCUT2D eigenvalue weighted by Crippen LogP contribution is -2.34. The van der Waals surface area contributed by atoms with Gasteiger partial charge in [0.1, 0.15) is 0 Å². The number of aromatic nitrogens is 2. The average molecular weight is 379 g/mol. The Hall–Kier alpha value is -1.31. The summed E-state index contributed by atoms with van der Waals surface area (Å²) in [7, 11) is 0. The number of thiazole rings is 1. The first-order chi connectivity index (χ1) is 11.9. The van der Waals surface area contributed by atoms with Crippen LogP contribution in [0.5, 0.6) is 0 Å². The predicted molar refractivity (Wildman–Crippen MR) is 105 cm³/mol. The fourth-order valence-corrected chi connectivity index (χ4v) is 4.58. The number of hydrogen-bond acceptors (Lipinski definition) is 5. The number of hydrogen-bond donors (Lipinski definition) is 3. The lowest BCUT2D eigenvalue weighted by Gasteiger charge is -2.20. The van der Waals surface area contributed by atoms with Crippen molar-refractivity contribution < 1.29 is 4.79 Å². The van der Waals surface area contributed by atoms with Crippen molar-refractivity contribution in [2.75, 3.05) is 18.4 Å². The van der Waals surface area contributed by atoms with Gasteiger partial charge >= 0.3 is 0 Å². The zero-order valence-corrected chi connectivity index (χ0v) is 16.6. The molecule has 1 amide bonds. The summed E-state index contributed by atoms with van der Waals surface area (Å²) in [5.74, 6) is 1.09. The summed E-state index contributed by atoms with van der Waals surface area (Å²) in [6.07, 6.45) is 3.66. The molecular formula is C18H26N4OS2. The van der Waals surface area contributed by atoms with E-state index in [0.29, 0.717) is 5.13 Å². The smallest absolute Gasteiger partial charge is 0.229 e. The maximum Gasteiger partial charge on any atom is 0.229 e. The number of nitrogens with zero attached hydrogens (tertiary/aromatic N) is 1. The third kappa shape index (κ3) is 5.09. The Morgan fingerprint density at radius 2 is 2.12 bits per heavy atom. The minimum absolute atomic E-state index is 0.103. The van der Waals surface area contributed by atoms with E-state index in [1.165, 1.54) is 11.4 Å². The van der Waals surface area contributed by atoms with Gasteiger partial charge in [0, 0.05) is 28.5 Å². The van der Waals surface area contributed by atoms with Crippen molar-refractivity contribution in [3.05, 3.63) is 29.7 Å². The first-order valence-corrected chi connectivity index (χ1v) is 10.5. The van der Waals surface area contributed by atoms with Gasteiger partial charge in [0.05, 0.1) is 10.4 Å². The average Bonchev–Trinajstić information content (AvgIpc) is 3.22. The lowest BCUT2D eigenvalue weighted by molar-refractivity contribution is -0.120. The highest BCUT2D eigenvalue weighted by Gasteiger charge is 2.21. The molecule has 1 aliphatic rings. The summed E-state index contributed by atoms with van der Waals surface area (Å²) < 4.78 is 1.12. The number of aromatic amines is 1. The van der Waals surface area contributed by atoms with E-state index in [1.54, 1.807) is 23.1 Å². The van der Waals surface area contributed by atoms with Crippen LogP contribution < -0.4 is 10.6 Å². The fourth-order valence-electron chi connectivity index (χ4n) is 2.79. The van der Waals surface area contributed by atoms with Crippen molar-refractivity contribution in [3.63, 3.8) is 0 Å². The van der Waals surface area contributed by atoms with Gasteiger partial charge < -0.3 is 15.6 Å². The highest BCUT2D eigenvalue weighted by atomic mass is 32.2. The number of H-pyrrole nitrogens is 1. The van der Waals surface area contributed by atoms with Crippen LogP contribution >= 0.6 is 23.1 Å². The van der Waals surface area contributed by atoms with E-state index in [2.05, 4.69) is 53.5 Å². The van der Waals surface area contributed by atoms with Gasteiger partial charge in [-0.1, -0.05) is 32.1 Å². The monoisotopic (exact) mass is 378 g/mol. The maximum atomic E-state index is 12.3. The molecule has 3 heterocycles. The SMILES string of the molecule is CC(C)(C)c1ccc(CSc2cnc(NC(=O)C3CCNCC3)s2)[nH]1. The molecule has 5 nitrogen and oxygen atoms in total. The summed E-state index contributed by atoms with van der Waals surface area (Å²) in [6.45, 7) is 8.45.